The lowest BCUT2D eigenvalue weighted by atomic mass is 10.1. The number of nitrogens with one attached hydrogen (secondary N) is 1. The van der Waals surface area contributed by atoms with Crippen molar-refractivity contribution in [2.45, 2.75) is 12.3 Å². The van der Waals surface area contributed by atoms with Gasteiger partial charge >= 0.3 is 6.18 Å². The third-order valence-corrected chi connectivity index (χ3v) is 3.76. The summed E-state index contributed by atoms with van der Waals surface area (Å²) in [5, 5.41) is 12.5. The maximum atomic E-state index is 13.7. The first-order valence-corrected chi connectivity index (χ1v) is 7.98. The molecular weight excluding hydrogens is 383 g/mol. The molecule has 146 valence electrons. The summed E-state index contributed by atoms with van der Waals surface area (Å²) in [6.45, 7) is -0.470. The van der Waals surface area contributed by atoms with Gasteiger partial charge in [-0.15, -0.1) is 0 Å². The van der Waals surface area contributed by atoms with E-state index in [1.807, 2.05) is 0 Å². The average Bonchev–Trinajstić information content (AvgIpc) is 2.66. The molecule has 0 unspecified atom stereocenters. The van der Waals surface area contributed by atoms with E-state index in [0.29, 0.717) is 11.6 Å². The van der Waals surface area contributed by atoms with Crippen LogP contribution in [0.3, 0.4) is 0 Å². The lowest BCUT2D eigenvalue weighted by Crippen LogP contribution is -2.17. The predicted octanol–water partition coefficient (Wildman–Crippen LogP) is 3.98. The van der Waals surface area contributed by atoms with Gasteiger partial charge in [-0.25, -0.2) is 18.7 Å². The van der Waals surface area contributed by atoms with Gasteiger partial charge in [-0.05, 0) is 24.3 Å². The molecule has 0 aliphatic rings. The van der Waals surface area contributed by atoms with Crippen LogP contribution in [0.5, 0.6) is 0 Å². The molecule has 2 heterocycles. The summed E-state index contributed by atoms with van der Waals surface area (Å²) < 4.78 is 66.9. The van der Waals surface area contributed by atoms with Gasteiger partial charge in [-0.1, -0.05) is 6.07 Å². The number of aliphatic hydroxyl groups is 1. The van der Waals surface area contributed by atoms with Crippen molar-refractivity contribution in [2.75, 3.05) is 11.9 Å². The smallest absolute Gasteiger partial charge is 0.386 e. The van der Waals surface area contributed by atoms with E-state index in [1.165, 1.54) is 24.5 Å². The standard InChI is InChI=1S/C18H13F5N4O/c19-11-2-1-3-12(20)16(11)13(28)9-25-15-8-14(18(21,22)23)26-17(27-15)10-4-6-24-7-5-10/h1-8,13,28H,9H2,(H,25,26,27)/t13-/m1/s1. The number of benzene rings is 1. The van der Waals surface area contributed by atoms with E-state index in [4.69, 9.17) is 0 Å². The summed E-state index contributed by atoms with van der Waals surface area (Å²) in [6.07, 6.45) is -3.64. The SMILES string of the molecule is O[C@H](CNc1cc(C(F)(F)F)nc(-c2ccncc2)n1)c1c(F)cccc1F. The van der Waals surface area contributed by atoms with Gasteiger partial charge in [-0.2, -0.15) is 13.2 Å². The van der Waals surface area contributed by atoms with Gasteiger partial charge in [0.25, 0.3) is 0 Å². The van der Waals surface area contributed by atoms with Gasteiger partial charge < -0.3 is 10.4 Å². The molecule has 0 aliphatic carbocycles. The maximum absolute atomic E-state index is 13.7. The number of nitrogens with zero attached hydrogens (tertiary/aromatic N) is 3. The highest BCUT2D eigenvalue weighted by atomic mass is 19.4. The zero-order valence-corrected chi connectivity index (χ0v) is 14.1. The van der Waals surface area contributed by atoms with Gasteiger partial charge in [0.2, 0.25) is 0 Å². The quantitative estimate of drug-likeness (QED) is 0.639. The van der Waals surface area contributed by atoms with Gasteiger partial charge in [0.05, 0.1) is 5.56 Å². The Hall–Kier alpha value is -3.14. The Morgan fingerprint density at radius 1 is 1.00 bits per heavy atom. The molecule has 0 spiro atoms. The first kappa shape index (κ1) is 19.6. The molecule has 0 saturated carbocycles. The van der Waals surface area contributed by atoms with Crippen LogP contribution in [0.2, 0.25) is 0 Å². The van der Waals surface area contributed by atoms with E-state index in [2.05, 4.69) is 20.3 Å². The number of pyridine rings is 1. The molecule has 1 atom stereocenters. The second-order valence-corrected chi connectivity index (χ2v) is 5.73. The van der Waals surface area contributed by atoms with Gasteiger partial charge in [0, 0.05) is 30.6 Å². The second-order valence-electron chi connectivity index (χ2n) is 5.73. The minimum Gasteiger partial charge on any atom is -0.386 e. The van der Waals surface area contributed by atoms with Gasteiger partial charge in [0.1, 0.15) is 23.6 Å². The molecule has 0 aliphatic heterocycles. The predicted molar refractivity (Wildman–Crippen MR) is 90.1 cm³/mol. The van der Waals surface area contributed by atoms with Crippen molar-refractivity contribution in [1.29, 1.82) is 0 Å². The lowest BCUT2D eigenvalue weighted by Gasteiger charge is -2.16. The molecule has 28 heavy (non-hydrogen) atoms. The minimum atomic E-state index is -4.74. The van der Waals surface area contributed by atoms with Crippen LogP contribution in [-0.4, -0.2) is 26.6 Å². The highest BCUT2D eigenvalue weighted by Gasteiger charge is 2.34. The van der Waals surface area contributed by atoms with Crippen LogP contribution < -0.4 is 5.32 Å². The third kappa shape index (κ3) is 4.39. The average molecular weight is 396 g/mol. The van der Waals surface area contributed by atoms with E-state index >= 15 is 0 Å². The third-order valence-electron chi connectivity index (χ3n) is 3.76. The van der Waals surface area contributed by atoms with Crippen molar-refractivity contribution < 1.29 is 27.1 Å². The first-order chi connectivity index (χ1) is 13.3. The molecule has 0 fully saturated rings. The topological polar surface area (TPSA) is 70.9 Å². The van der Waals surface area contributed by atoms with Crippen molar-refractivity contribution in [2.24, 2.45) is 0 Å². The first-order valence-electron chi connectivity index (χ1n) is 7.98. The van der Waals surface area contributed by atoms with E-state index in [9.17, 15) is 27.1 Å². The largest absolute Gasteiger partial charge is 0.433 e. The number of halogens is 5. The van der Waals surface area contributed by atoms with E-state index in [0.717, 1.165) is 18.2 Å². The minimum absolute atomic E-state index is 0.216. The van der Waals surface area contributed by atoms with Crippen LogP contribution in [0.1, 0.15) is 17.4 Å². The van der Waals surface area contributed by atoms with Crippen LogP contribution >= 0.6 is 0 Å². The number of anilines is 1. The number of hydrogen-bond acceptors (Lipinski definition) is 5. The summed E-state index contributed by atoms with van der Waals surface area (Å²) in [7, 11) is 0. The molecule has 0 radical (unpaired) electrons. The molecule has 0 saturated heterocycles. The summed E-state index contributed by atoms with van der Waals surface area (Å²) in [5.41, 5.74) is -1.50. The Morgan fingerprint density at radius 2 is 1.64 bits per heavy atom. The Balaban J connectivity index is 1.89. The zero-order valence-electron chi connectivity index (χ0n) is 14.1. The molecule has 2 N–H and O–H groups in total. The van der Waals surface area contributed by atoms with Crippen LogP contribution in [0, 0.1) is 11.6 Å². The maximum Gasteiger partial charge on any atom is 0.433 e. The summed E-state index contributed by atoms with van der Waals surface area (Å²) >= 11 is 0. The number of aliphatic hydroxyl groups excluding tert-OH is 1. The molecule has 5 nitrogen and oxygen atoms in total. The molecule has 0 bridgehead atoms. The van der Waals surface area contributed by atoms with Crippen molar-refractivity contribution in [3.05, 3.63) is 71.7 Å². The number of rotatable bonds is 5. The van der Waals surface area contributed by atoms with Gasteiger partial charge in [0.15, 0.2) is 11.5 Å². The Labute approximate surface area is 155 Å². The second kappa shape index (κ2) is 7.85. The molecule has 0 amide bonds. The van der Waals surface area contributed by atoms with E-state index in [1.54, 1.807) is 0 Å². The fraction of sp³-hybridized carbons (Fsp3) is 0.167. The Bertz CT molecular complexity index is 946. The normalized spacial score (nSPS) is 12.6. The van der Waals surface area contributed by atoms with Crippen molar-refractivity contribution in [3.63, 3.8) is 0 Å². The fourth-order valence-electron chi connectivity index (χ4n) is 2.45. The zero-order chi connectivity index (χ0) is 20.3. The highest BCUT2D eigenvalue weighted by molar-refractivity contribution is 5.57. The highest BCUT2D eigenvalue weighted by Crippen LogP contribution is 2.31. The number of aromatic nitrogens is 3. The molecule has 2 aromatic heterocycles. The molecule has 1 aromatic carbocycles. The molecule has 3 aromatic rings. The van der Waals surface area contributed by atoms with Crippen molar-refractivity contribution >= 4 is 5.82 Å². The lowest BCUT2D eigenvalue weighted by molar-refractivity contribution is -0.141. The Kier molecular flexibility index (Phi) is 5.50. The van der Waals surface area contributed by atoms with Crippen molar-refractivity contribution in [1.82, 2.24) is 15.0 Å². The number of hydrogen-bond donors (Lipinski definition) is 2. The van der Waals surface area contributed by atoms with E-state index < -0.39 is 41.7 Å². The fourth-order valence-corrected chi connectivity index (χ4v) is 2.45. The Morgan fingerprint density at radius 3 is 2.25 bits per heavy atom. The molecule has 10 heteroatoms. The van der Waals surface area contributed by atoms with E-state index in [-0.39, 0.29) is 11.6 Å². The van der Waals surface area contributed by atoms with Crippen LogP contribution in [-0.2, 0) is 6.18 Å². The van der Waals surface area contributed by atoms with Crippen LogP contribution in [0.4, 0.5) is 27.8 Å². The summed E-state index contributed by atoms with van der Waals surface area (Å²) in [5.74, 6) is -2.41. The van der Waals surface area contributed by atoms with Crippen LogP contribution in [0.15, 0.2) is 48.8 Å². The van der Waals surface area contributed by atoms with Gasteiger partial charge in [-0.3, -0.25) is 4.98 Å². The summed E-state index contributed by atoms with van der Waals surface area (Å²) in [6, 6.07) is 6.58. The number of alkyl halides is 3. The van der Waals surface area contributed by atoms with Crippen LogP contribution in [0.25, 0.3) is 11.4 Å². The van der Waals surface area contributed by atoms with Crippen molar-refractivity contribution in [3.8, 4) is 11.4 Å². The molecular formula is C18H13F5N4O. The molecule has 3 rings (SSSR count). The summed E-state index contributed by atoms with van der Waals surface area (Å²) in [4.78, 5) is 11.3. The monoisotopic (exact) mass is 396 g/mol.